The van der Waals surface area contributed by atoms with Crippen molar-refractivity contribution in [3.63, 3.8) is 0 Å². The Morgan fingerprint density at radius 2 is 1.86 bits per heavy atom. The average Bonchev–Trinajstić information content (AvgIpc) is 2.73. The molecule has 0 saturated carbocycles. The molecule has 0 saturated heterocycles. The SMILES string of the molecule is CCN(CC)S(=O)(=O)c1ccc(F)c(C(=O)N2CCc3ccc(OC)cc3C2)c1. The second-order valence-corrected chi connectivity index (χ2v) is 8.78. The van der Waals surface area contributed by atoms with Crippen LogP contribution in [-0.2, 0) is 23.0 Å². The first-order chi connectivity index (χ1) is 13.8. The zero-order valence-electron chi connectivity index (χ0n) is 16.8. The van der Waals surface area contributed by atoms with Crippen molar-refractivity contribution < 1.29 is 22.3 Å². The van der Waals surface area contributed by atoms with Gasteiger partial charge in [0.1, 0.15) is 11.6 Å². The Morgan fingerprint density at radius 1 is 1.14 bits per heavy atom. The Morgan fingerprint density at radius 3 is 2.52 bits per heavy atom. The molecule has 0 aromatic heterocycles. The van der Waals surface area contributed by atoms with Crippen molar-refractivity contribution >= 4 is 15.9 Å². The van der Waals surface area contributed by atoms with Crippen LogP contribution in [0, 0.1) is 5.82 Å². The summed E-state index contributed by atoms with van der Waals surface area (Å²) in [4.78, 5) is 14.5. The van der Waals surface area contributed by atoms with Gasteiger partial charge in [0, 0.05) is 26.2 Å². The van der Waals surface area contributed by atoms with Crippen molar-refractivity contribution in [1.82, 2.24) is 9.21 Å². The normalized spacial score (nSPS) is 14.0. The summed E-state index contributed by atoms with van der Waals surface area (Å²) in [5.41, 5.74) is 1.83. The number of hydrogen-bond acceptors (Lipinski definition) is 4. The zero-order chi connectivity index (χ0) is 21.2. The highest BCUT2D eigenvalue weighted by Crippen LogP contribution is 2.26. The largest absolute Gasteiger partial charge is 0.497 e. The van der Waals surface area contributed by atoms with Gasteiger partial charge in [-0.2, -0.15) is 4.31 Å². The summed E-state index contributed by atoms with van der Waals surface area (Å²) in [6.07, 6.45) is 0.643. The Labute approximate surface area is 170 Å². The van der Waals surface area contributed by atoms with Crippen molar-refractivity contribution in [2.75, 3.05) is 26.7 Å². The number of nitrogens with zero attached hydrogens (tertiary/aromatic N) is 2. The molecule has 1 aliphatic rings. The van der Waals surface area contributed by atoms with Crippen LogP contribution in [0.5, 0.6) is 5.75 Å². The summed E-state index contributed by atoms with van der Waals surface area (Å²) in [5.74, 6) is -0.561. The van der Waals surface area contributed by atoms with Gasteiger partial charge < -0.3 is 9.64 Å². The maximum absolute atomic E-state index is 14.5. The number of halogens is 1. The van der Waals surface area contributed by atoms with Crippen molar-refractivity contribution in [2.24, 2.45) is 0 Å². The lowest BCUT2D eigenvalue weighted by Crippen LogP contribution is -2.36. The quantitative estimate of drug-likeness (QED) is 0.720. The van der Waals surface area contributed by atoms with Crippen LogP contribution >= 0.6 is 0 Å². The van der Waals surface area contributed by atoms with Crippen LogP contribution in [0.25, 0.3) is 0 Å². The highest BCUT2D eigenvalue weighted by atomic mass is 32.2. The number of hydrogen-bond donors (Lipinski definition) is 0. The molecule has 6 nitrogen and oxygen atoms in total. The smallest absolute Gasteiger partial charge is 0.257 e. The zero-order valence-corrected chi connectivity index (χ0v) is 17.6. The molecule has 0 aliphatic carbocycles. The fourth-order valence-electron chi connectivity index (χ4n) is 3.55. The van der Waals surface area contributed by atoms with Crippen molar-refractivity contribution in [3.05, 3.63) is 58.9 Å². The van der Waals surface area contributed by atoms with E-state index in [1.54, 1.807) is 21.0 Å². The molecule has 3 rings (SSSR count). The van der Waals surface area contributed by atoms with E-state index in [1.807, 2.05) is 18.2 Å². The molecule has 29 heavy (non-hydrogen) atoms. The minimum absolute atomic E-state index is 0.0787. The second-order valence-electron chi connectivity index (χ2n) is 6.84. The van der Waals surface area contributed by atoms with E-state index >= 15 is 0 Å². The standard InChI is InChI=1S/C21H25FN2O4S/c1-4-24(5-2)29(26,27)18-8-9-20(22)19(13-18)21(25)23-11-10-15-6-7-17(28-3)12-16(15)14-23/h6-9,12-13H,4-5,10-11,14H2,1-3H3. The molecule has 0 bridgehead atoms. The molecule has 1 amide bonds. The Bertz CT molecular complexity index is 1020. The van der Waals surface area contributed by atoms with Gasteiger partial charge in [0.25, 0.3) is 5.91 Å². The summed E-state index contributed by atoms with van der Waals surface area (Å²) in [6.45, 7) is 4.81. The molecule has 156 valence electrons. The van der Waals surface area contributed by atoms with Gasteiger partial charge in [-0.3, -0.25) is 4.79 Å². The van der Waals surface area contributed by atoms with Crippen LogP contribution < -0.4 is 4.74 Å². The predicted molar refractivity (Wildman–Crippen MR) is 108 cm³/mol. The number of fused-ring (bicyclic) bond motifs is 1. The number of ether oxygens (including phenoxy) is 1. The molecular weight excluding hydrogens is 395 g/mol. The Balaban J connectivity index is 1.92. The predicted octanol–water partition coefficient (Wildman–Crippen LogP) is 3.06. The van der Waals surface area contributed by atoms with E-state index in [4.69, 9.17) is 4.74 Å². The van der Waals surface area contributed by atoms with Crippen LogP contribution in [-0.4, -0.2) is 50.3 Å². The first-order valence-corrected chi connectivity index (χ1v) is 11.0. The highest BCUT2D eigenvalue weighted by molar-refractivity contribution is 7.89. The van der Waals surface area contributed by atoms with Crippen LogP contribution in [0.1, 0.15) is 35.3 Å². The molecule has 1 heterocycles. The maximum Gasteiger partial charge on any atom is 0.257 e. The Hall–Kier alpha value is -2.45. The summed E-state index contributed by atoms with van der Waals surface area (Å²) >= 11 is 0. The number of amides is 1. The van der Waals surface area contributed by atoms with Crippen molar-refractivity contribution in [2.45, 2.75) is 31.7 Å². The van der Waals surface area contributed by atoms with Crippen molar-refractivity contribution in [1.29, 1.82) is 0 Å². The van der Waals surface area contributed by atoms with Gasteiger partial charge in [0.05, 0.1) is 17.6 Å². The summed E-state index contributed by atoms with van der Waals surface area (Å²) in [7, 11) is -2.21. The molecule has 2 aromatic rings. The molecule has 0 spiro atoms. The van der Waals surface area contributed by atoms with Gasteiger partial charge in [0.2, 0.25) is 10.0 Å². The molecule has 8 heteroatoms. The minimum atomic E-state index is -3.78. The van der Waals surface area contributed by atoms with Gasteiger partial charge in [-0.05, 0) is 47.9 Å². The van der Waals surface area contributed by atoms with Crippen LogP contribution in [0.15, 0.2) is 41.3 Å². The fraction of sp³-hybridized carbons (Fsp3) is 0.381. The third kappa shape index (κ3) is 4.13. The maximum atomic E-state index is 14.5. The third-order valence-corrected chi connectivity index (χ3v) is 7.27. The molecule has 0 atom stereocenters. The van der Waals surface area contributed by atoms with Gasteiger partial charge in [-0.15, -0.1) is 0 Å². The lowest BCUT2D eigenvalue weighted by molar-refractivity contribution is 0.0729. The first kappa shape index (κ1) is 21.3. The van der Waals surface area contributed by atoms with E-state index < -0.39 is 21.7 Å². The number of sulfonamides is 1. The summed E-state index contributed by atoms with van der Waals surface area (Å²) in [5, 5.41) is 0. The van der Waals surface area contributed by atoms with Gasteiger partial charge in [-0.1, -0.05) is 19.9 Å². The molecule has 0 N–H and O–H groups in total. The topological polar surface area (TPSA) is 66.9 Å². The highest BCUT2D eigenvalue weighted by Gasteiger charge is 2.28. The lowest BCUT2D eigenvalue weighted by Gasteiger charge is -2.29. The summed E-state index contributed by atoms with van der Waals surface area (Å²) < 4.78 is 46.5. The van der Waals surface area contributed by atoms with Gasteiger partial charge >= 0.3 is 0 Å². The van der Waals surface area contributed by atoms with E-state index in [0.29, 0.717) is 38.3 Å². The second kappa shape index (κ2) is 8.51. The van der Waals surface area contributed by atoms with Crippen molar-refractivity contribution in [3.8, 4) is 5.75 Å². The molecular formula is C21H25FN2O4S. The number of carbonyl (C=O) groups excluding carboxylic acids is 1. The monoisotopic (exact) mass is 420 g/mol. The summed E-state index contributed by atoms with van der Waals surface area (Å²) in [6, 6.07) is 9.10. The number of carbonyl (C=O) groups is 1. The molecule has 2 aromatic carbocycles. The average molecular weight is 421 g/mol. The lowest BCUT2D eigenvalue weighted by atomic mass is 9.98. The Kier molecular flexibility index (Phi) is 6.24. The van der Waals surface area contributed by atoms with E-state index in [9.17, 15) is 17.6 Å². The third-order valence-electron chi connectivity index (χ3n) is 5.22. The number of benzene rings is 2. The van der Waals surface area contributed by atoms with Crippen LogP contribution in [0.3, 0.4) is 0 Å². The molecule has 1 aliphatic heterocycles. The molecule has 0 fully saturated rings. The van der Waals surface area contributed by atoms with E-state index in [0.717, 1.165) is 23.3 Å². The fourth-order valence-corrected chi connectivity index (χ4v) is 5.03. The number of methoxy groups -OCH3 is 1. The van der Waals surface area contributed by atoms with E-state index in [-0.39, 0.29) is 10.5 Å². The van der Waals surface area contributed by atoms with Gasteiger partial charge in [-0.25, -0.2) is 12.8 Å². The van der Waals surface area contributed by atoms with Crippen LogP contribution in [0.2, 0.25) is 0 Å². The first-order valence-electron chi connectivity index (χ1n) is 9.56. The molecule has 0 unspecified atom stereocenters. The minimum Gasteiger partial charge on any atom is -0.497 e. The van der Waals surface area contributed by atoms with E-state index in [1.165, 1.54) is 15.3 Å². The van der Waals surface area contributed by atoms with Crippen LogP contribution in [0.4, 0.5) is 4.39 Å². The van der Waals surface area contributed by atoms with E-state index in [2.05, 4.69) is 0 Å². The number of rotatable bonds is 6. The van der Waals surface area contributed by atoms with Gasteiger partial charge in [0.15, 0.2) is 0 Å². The molecule has 0 radical (unpaired) electrons.